The summed E-state index contributed by atoms with van der Waals surface area (Å²) in [7, 11) is -1.76. The predicted octanol–water partition coefficient (Wildman–Crippen LogP) is 4.12. The Kier molecular flexibility index (Phi) is 6.39. The summed E-state index contributed by atoms with van der Waals surface area (Å²) in [6.45, 7) is 1.56. The molecule has 0 aromatic heterocycles. The molecule has 25 heavy (non-hydrogen) atoms. The smallest absolute Gasteiger partial charge is 0.232 e. The van der Waals surface area contributed by atoms with Gasteiger partial charge in [-0.15, -0.1) is 0 Å². The summed E-state index contributed by atoms with van der Waals surface area (Å²) in [5.74, 6) is 0.466. The average Bonchev–Trinajstić information content (AvgIpc) is 2.60. The number of allylic oxidation sites excluding steroid dienone is 1. The molecule has 2 rings (SSSR count). The largest absolute Gasteiger partial charge is 0.496 e. The fraction of sp³-hybridized carbons (Fsp3) is 0.167. The second-order valence-corrected chi connectivity index (χ2v) is 8.09. The van der Waals surface area contributed by atoms with Gasteiger partial charge in [0, 0.05) is 21.3 Å². The molecular formula is C18H18BrNO4S. The number of carbonyl (C=O) groups is 1. The van der Waals surface area contributed by atoms with Gasteiger partial charge in [-0.05, 0) is 61.5 Å². The molecule has 2 aromatic rings. The van der Waals surface area contributed by atoms with Crippen LogP contribution < -0.4 is 9.46 Å². The number of hydrogen-bond donors (Lipinski definition) is 1. The van der Waals surface area contributed by atoms with Gasteiger partial charge in [-0.3, -0.25) is 9.52 Å². The van der Waals surface area contributed by atoms with Crippen molar-refractivity contribution in [1.29, 1.82) is 0 Å². The van der Waals surface area contributed by atoms with Crippen LogP contribution in [0.15, 0.2) is 53.0 Å². The minimum atomic E-state index is -3.33. The maximum atomic E-state index is 12.3. The standard InChI is InChI=1S/C18H18BrNO4S/c1-3-25(22,23)20-16-8-4-13(5-9-16)17(21)10-6-14-12-15(19)7-11-18(14)24-2/h4-12,20H,3H2,1-2H3. The van der Waals surface area contributed by atoms with Gasteiger partial charge in [-0.25, -0.2) is 8.42 Å². The molecule has 0 amide bonds. The molecule has 0 bridgehead atoms. The van der Waals surface area contributed by atoms with Gasteiger partial charge >= 0.3 is 0 Å². The molecule has 7 heteroatoms. The first-order valence-corrected chi connectivity index (χ1v) is 9.95. The van der Waals surface area contributed by atoms with E-state index in [0.29, 0.717) is 17.0 Å². The Morgan fingerprint density at radius 3 is 2.48 bits per heavy atom. The van der Waals surface area contributed by atoms with Crippen LogP contribution in [0.25, 0.3) is 6.08 Å². The zero-order valence-corrected chi connectivity index (χ0v) is 16.2. The first-order chi connectivity index (χ1) is 11.8. The van der Waals surface area contributed by atoms with E-state index >= 15 is 0 Å². The van der Waals surface area contributed by atoms with E-state index in [0.717, 1.165) is 10.0 Å². The fourth-order valence-electron chi connectivity index (χ4n) is 2.05. The lowest BCUT2D eigenvalue weighted by molar-refractivity contribution is 0.104. The van der Waals surface area contributed by atoms with Crippen LogP contribution in [-0.2, 0) is 10.0 Å². The number of rotatable bonds is 7. The summed E-state index contributed by atoms with van der Waals surface area (Å²) in [6, 6.07) is 11.8. The predicted molar refractivity (Wildman–Crippen MR) is 104 cm³/mol. The van der Waals surface area contributed by atoms with Crippen molar-refractivity contribution >= 4 is 43.5 Å². The molecule has 0 aliphatic heterocycles. The molecule has 0 heterocycles. The van der Waals surface area contributed by atoms with Crippen LogP contribution in [0.1, 0.15) is 22.8 Å². The first-order valence-electron chi connectivity index (χ1n) is 7.51. The number of carbonyl (C=O) groups excluding carboxylic acids is 1. The summed E-state index contributed by atoms with van der Waals surface area (Å²) >= 11 is 3.38. The summed E-state index contributed by atoms with van der Waals surface area (Å²) in [5.41, 5.74) is 1.67. The van der Waals surface area contributed by atoms with Gasteiger partial charge in [0.05, 0.1) is 12.9 Å². The Balaban J connectivity index is 2.15. The van der Waals surface area contributed by atoms with Gasteiger partial charge in [-0.1, -0.05) is 15.9 Å². The number of halogens is 1. The van der Waals surface area contributed by atoms with E-state index in [2.05, 4.69) is 20.7 Å². The highest BCUT2D eigenvalue weighted by Gasteiger charge is 2.08. The summed E-state index contributed by atoms with van der Waals surface area (Å²) < 4.78 is 31.6. The van der Waals surface area contributed by atoms with Crippen LogP contribution in [0.2, 0.25) is 0 Å². The minimum absolute atomic E-state index is 0.00904. The van der Waals surface area contributed by atoms with Gasteiger partial charge in [0.2, 0.25) is 10.0 Å². The van der Waals surface area contributed by atoms with Crippen molar-refractivity contribution in [2.24, 2.45) is 0 Å². The van der Waals surface area contributed by atoms with E-state index in [4.69, 9.17) is 4.74 Å². The topological polar surface area (TPSA) is 72.5 Å². The van der Waals surface area contributed by atoms with Crippen molar-refractivity contribution in [2.45, 2.75) is 6.92 Å². The number of anilines is 1. The van der Waals surface area contributed by atoms with Crippen LogP contribution in [0.4, 0.5) is 5.69 Å². The molecule has 5 nitrogen and oxygen atoms in total. The molecule has 0 spiro atoms. The Hall–Kier alpha value is -2.12. The third-order valence-electron chi connectivity index (χ3n) is 3.43. The molecule has 1 N–H and O–H groups in total. The van der Waals surface area contributed by atoms with Gasteiger partial charge in [0.25, 0.3) is 0 Å². The number of ether oxygens (including phenoxy) is 1. The third-order valence-corrected chi connectivity index (χ3v) is 5.23. The molecule has 0 unspecified atom stereocenters. The van der Waals surface area contributed by atoms with Gasteiger partial charge in [0.15, 0.2) is 5.78 Å². The molecule has 2 aromatic carbocycles. The lowest BCUT2D eigenvalue weighted by Crippen LogP contribution is -2.14. The second-order valence-electron chi connectivity index (χ2n) is 5.17. The van der Waals surface area contributed by atoms with Crippen molar-refractivity contribution in [3.05, 3.63) is 64.1 Å². The zero-order valence-electron chi connectivity index (χ0n) is 13.8. The number of nitrogens with one attached hydrogen (secondary N) is 1. The monoisotopic (exact) mass is 423 g/mol. The maximum absolute atomic E-state index is 12.3. The normalized spacial score (nSPS) is 11.5. The molecule has 0 radical (unpaired) electrons. The van der Waals surface area contributed by atoms with Crippen molar-refractivity contribution in [2.75, 3.05) is 17.6 Å². The summed E-state index contributed by atoms with van der Waals surface area (Å²) in [6.07, 6.45) is 3.13. The summed E-state index contributed by atoms with van der Waals surface area (Å²) in [4.78, 5) is 12.3. The molecule has 0 aliphatic rings. The SMILES string of the molecule is CCS(=O)(=O)Nc1ccc(C(=O)C=Cc2cc(Br)ccc2OC)cc1. The van der Waals surface area contributed by atoms with Crippen molar-refractivity contribution < 1.29 is 17.9 Å². The Labute approximate surface area is 155 Å². The number of hydrogen-bond acceptors (Lipinski definition) is 4. The van der Waals surface area contributed by atoms with Crippen LogP contribution in [0, 0.1) is 0 Å². The van der Waals surface area contributed by atoms with Crippen LogP contribution in [-0.4, -0.2) is 27.1 Å². The lowest BCUT2D eigenvalue weighted by Gasteiger charge is -2.06. The molecule has 0 aliphatic carbocycles. The molecular weight excluding hydrogens is 406 g/mol. The quantitative estimate of drug-likeness (QED) is 0.536. The lowest BCUT2D eigenvalue weighted by atomic mass is 10.1. The highest BCUT2D eigenvalue weighted by molar-refractivity contribution is 9.10. The van der Waals surface area contributed by atoms with Crippen molar-refractivity contribution in [1.82, 2.24) is 0 Å². The number of ketones is 1. The average molecular weight is 424 g/mol. The molecule has 0 fully saturated rings. The highest BCUT2D eigenvalue weighted by atomic mass is 79.9. The van der Waals surface area contributed by atoms with Gasteiger partial charge in [-0.2, -0.15) is 0 Å². The number of benzene rings is 2. The van der Waals surface area contributed by atoms with Crippen molar-refractivity contribution in [3.8, 4) is 5.75 Å². The van der Waals surface area contributed by atoms with E-state index in [9.17, 15) is 13.2 Å². The molecule has 0 saturated carbocycles. The molecule has 0 saturated heterocycles. The van der Waals surface area contributed by atoms with Gasteiger partial charge < -0.3 is 4.74 Å². The van der Waals surface area contributed by atoms with Gasteiger partial charge in [0.1, 0.15) is 5.75 Å². The summed E-state index contributed by atoms with van der Waals surface area (Å²) in [5, 5.41) is 0. The third kappa shape index (κ3) is 5.44. The minimum Gasteiger partial charge on any atom is -0.496 e. The molecule has 132 valence electrons. The Morgan fingerprint density at radius 1 is 1.20 bits per heavy atom. The number of methoxy groups -OCH3 is 1. The molecule has 0 atom stereocenters. The van der Waals surface area contributed by atoms with Crippen LogP contribution in [0.5, 0.6) is 5.75 Å². The highest BCUT2D eigenvalue weighted by Crippen LogP contribution is 2.24. The Bertz CT molecular complexity index is 890. The zero-order chi connectivity index (χ0) is 18.4. The second kappa shape index (κ2) is 8.31. The first kappa shape index (κ1) is 19.2. The van der Waals surface area contributed by atoms with E-state index in [-0.39, 0.29) is 11.5 Å². The van der Waals surface area contributed by atoms with E-state index in [1.54, 1.807) is 44.4 Å². The van der Waals surface area contributed by atoms with Crippen LogP contribution >= 0.6 is 15.9 Å². The fourth-order valence-corrected chi connectivity index (χ4v) is 3.07. The van der Waals surface area contributed by atoms with Crippen molar-refractivity contribution in [3.63, 3.8) is 0 Å². The maximum Gasteiger partial charge on any atom is 0.232 e. The number of sulfonamides is 1. The van der Waals surface area contributed by atoms with Crippen LogP contribution in [0.3, 0.4) is 0 Å². The van der Waals surface area contributed by atoms with E-state index in [1.165, 1.54) is 6.08 Å². The van der Waals surface area contributed by atoms with E-state index in [1.807, 2.05) is 18.2 Å². The van der Waals surface area contributed by atoms with E-state index < -0.39 is 10.0 Å². The Morgan fingerprint density at radius 2 is 1.88 bits per heavy atom.